The number of nitrogens with zero attached hydrogens (tertiary/aromatic N) is 2. The Hall–Kier alpha value is -3.15. The molecule has 1 fully saturated rings. The van der Waals surface area contributed by atoms with Crippen molar-refractivity contribution in [2.45, 2.75) is 31.8 Å². The third-order valence-electron chi connectivity index (χ3n) is 7.13. The van der Waals surface area contributed by atoms with Gasteiger partial charge in [0.25, 0.3) is 0 Å². The molecule has 0 saturated carbocycles. The number of methoxy groups -OCH3 is 1. The summed E-state index contributed by atoms with van der Waals surface area (Å²) in [7, 11) is 1.80. The zero-order valence-corrected chi connectivity index (χ0v) is 21.6. The average Bonchev–Trinajstić information content (AvgIpc) is 2.94. The summed E-state index contributed by atoms with van der Waals surface area (Å²) >= 11 is 0. The summed E-state index contributed by atoms with van der Waals surface area (Å²) in [5, 5.41) is 3.20. The summed E-state index contributed by atoms with van der Waals surface area (Å²) in [6.07, 6.45) is 2.05. The van der Waals surface area contributed by atoms with E-state index in [2.05, 4.69) is 46.3 Å². The first kappa shape index (κ1) is 25.9. The molecular formula is C31H39N3O2. The quantitative estimate of drug-likeness (QED) is 0.377. The van der Waals surface area contributed by atoms with Gasteiger partial charge in [-0.25, -0.2) is 0 Å². The molecule has 1 aliphatic rings. The Labute approximate surface area is 216 Å². The lowest BCUT2D eigenvalue weighted by molar-refractivity contribution is -0.121. The van der Waals surface area contributed by atoms with E-state index in [1.54, 1.807) is 7.11 Å². The maximum absolute atomic E-state index is 13.2. The number of benzene rings is 3. The Balaban J connectivity index is 1.26. The second-order valence-electron chi connectivity index (χ2n) is 9.42. The van der Waals surface area contributed by atoms with Crippen molar-refractivity contribution in [2.24, 2.45) is 0 Å². The molecule has 4 rings (SSSR count). The van der Waals surface area contributed by atoms with Crippen LogP contribution in [0.15, 0.2) is 84.9 Å². The van der Waals surface area contributed by atoms with Crippen LogP contribution in [-0.2, 0) is 9.53 Å². The molecule has 0 radical (unpaired) electrons. The van der Waals surface area contributed by atoms with Gasteiger partial charge in [0.1, 0.15) is 0 Å². The first-order chi connectivity index (χ1) is 17.7. The van der Waals surface area contributed by atoms with Gasteiger partial charge >= 0.3 is 0 Å². The highest BCUT2D eigenvalue weighted by molar-refractivity contribution is 5.87. The second kappa shape index (κ2) is 13.2. The summed E-state index contributed by atoms with van der Waals surface area (Å²) < 4.78 is 5.72. The molecule has 190 valence electrons. The van der Waals surface area contributed by atoms with Gasteiger partial charge in [-0.05, 0) is 36.6 Å². The molecule has 1 saturated heterocycles. The fraction of sp³-hybridized carbons (Fsp3) is 0.387. The van der Waals surface area contributed by atoms with Gasteiger partial charge in [0.15, 0.2) is 0 Å². The summed E-state index contributed by atoms with van der Waals surface area (Å²) in [5.41, 5.74) is 4.63. The number of carbonyl (C=O) groups excluding carboxylic acids is 1. The smallest absolute Gasteiger partial charge is 0.232 e. The third kappa shape index (κ3) is 6.54. The Morgan fingerprint density at radius 2 is 1.44 bits per heavy atom. The molecular weight excluding hydrogens is 446 g/mol. The van der Waals surface area contributed by atoms with Crippen molar-refractivity contribution >= 4 is 11.6 Å². The second-order valence-corrected chi connectivity index (χ2v) is 9.42. The highest BCUT2D eigenvalue weighted by atomic mass is 16.5. The van der Waals surface area contributed by atoms with Gasteiger partial charge in [-0.2, -0.15) is 0 Å². The predicted molar refractivity (Wildman–Crippen MR) is 147 cm³/mol. The summed E-state index contributed by atoms with van der Waals surface area (Å²) in [6.45, 7) is 7.92. The van der Waals surface area contributed by atoms with Gasteiger partial charge in [0.2, 0.25) is 5.91 Å². The highest BCUT2D eigenvalue weighted by Crippen LogP contribution is 2.31. The van der Waals surface area contributed by atoms with Gasteiger partial charge < -0.3 is 15.0 Å². The Morgan fingerprint density at radius 3 is 2.03 bits per heavy atom. The molecule has 3 aromatic rings. The van der Waals surface area contributed by atoms with Crippen molar-refractivity contribution < 1.29 is 9.53 Å². The molecule has 1 atom stereocenters. The average molecular weight is 486 g/mol. The number of piperazine rings is 1. The standard InChI is InChI=1S/C31H39N3O2/c1-3-29(36-2)27-17-10-11-18-28(27)34-23-21-33(22-24-34)20-12-19-32-31(35)30(25-13-6-4-7-14-25)26-15-8-5-9-16-26/h4-11,13-18,29-30H,3,12,19-24H2,1-2H3,(H,32,35). The normalized spacial score (nSPS) is 15.1. The fourth-order valence-electron chi connectivity index (χ4n) is 5.18. The van der Waals surface area contributed by atoms with Crippen LogP contribution >= 0.6 is 0 Å². The number of hydrogen-bond acceptors (Lipinski definition) is 4. The van der Waals surface area contributed by atoms with Crippen molar-refractivity contribution in [3.8, 4) is 0 Å². The zero-order chi connectivity index (χ0) is 25.2. The monoisotopic (exact) mass is 485 g/mol. The Morgan fingerprint density at radius 1 is 0.861 bits per heavy atom. The van der Waals surface area contributed by atoms with E-state index in [4.69, 9.17) is 4.74 Å². The summed E-state index contributed by atoms with van der Waals surface area (Å²) in [4.78, 5) is 18.2. The minimum absolute atomic E-state index is 0.0671. The third-order valence-corrected chi connectivity index (χ3v) is 7.13. The highest BCUT2D eigenvalue weighted by Gasteiger charge is 2.23. The number of amides is 1. The minimum Gasteiger partial charge on any atom is -0.377 e. The molecule has 1 aliphatic heterocycles. The van der Waals surface area contributed by atoms with Crippen molar-refractivity contribution in [2.75, 3.05) is 51.3 Å². The number of anilines is 1. The predicted octanol–water partition coefficient (Wildman–Crippen LogP) is 5.24. The molecule has 0 bridgehead atoms. The molecule has 0 spiro atoms. The van der Waals surface area contributed by atoms with Gasteiger partial charge in [-0.3, -0.25) is 9.69 Å². The first-order valence-electron chi connectivity index (χ1n) is 13.2. The number of nitrogens with one attached hydrogen (secondary N) is 1. The topological polar surface area (TPSA) is 44.8 Å². The van der Waals surface area contributed by atoms with Crippen LogP contribution in [0.25, 0.3) is 0 Å². The van der Waals surface area contributed by atoms with E-state index in [0.717, 1.165) is 56.7 Å². The molecule has 0 aromatic heterocycles. The van der Waals surface area contributed by atoms with E-state index in [1.165, 1.54) is 11.3 Å². The summed E-state index contributed by atoms with van der Waals surface area (Å²) in [6, 6.07) is 28.7. The van der Waals surface area contributed by atoms with Gasteiger partial charge in [-0.1, -0.05) is 85.8 Å². The van der Waals surface area contributed by atoms with Crippen molar-refractivity contribution in [3.63, 3.8) is 0 Å². The Kier molecular flexibility index (Phi) is 9.54. The van der Waals surface area contributed by atoms with E-state index < -0.39 is 0 Å². The zero-order valence-electron chi connectivity index (χ0n) is 21.6. The largest absolute Gasteiger partial charge is 0.377 e. The SMILES string of the molecule is CCC(OC)c1ccccc1N1CCN(CCCNC(=O)C(c2ccccc2)c2ccccc2)CC1. The number of carbonyl (C=O) groups is 1. The van der Waals surface area contributed by atoms with E-state index >= 15 is 0 Å². The molecule has 36 heavy (non-hydrogen) atoms. The minimum atomic E-state index is -0.282. The van der Waals surface area contributed by atoms with Gasteiger partial charge in [0.05, 0.1) is 12.0 Å². The van der Waals surface area contributed by atoms with Crippen molar-refractivity contribution in [1.82, 2.24) is 10.2 Å². The van der Waals surface area contributed by atoms with E-state index in [9.17, 15) is 4.79 Å². The molecule has 1 amide bonds. The van der Waals surface area contributed by atoms with Gasteiger partial charge in [0, 0.05) is 51.1 Å². The summed E-state index contributed by atoms with van der Waals surface area (Å²) in [5.74, 6) is -0.215. The van der Waals surface area contributed by atoms with Crippen LogP contribution in [0.5, 0.6) is 0 Å². The number of rotatable bonds is 11. The molecule has 1 unspecified atom stereocenters. The van der Waals surface area contributed by atoms with Crippen LogP contribution in [0, 0.1) is 0 Å². The number of ether oxygens (including phenoxy) is 1. The molecule has 0 aliphatic carbocycles. The van der Waals surface area contributed by atoms with Crippen LogP contribution in [0.3, 0.4) is 0 Å². The van der Waals surface area contributed by atoms with Gasteiger partial charge in [-0.15, -0.1) is 0 Å². The van der Waals surface area contributed by atoms with Crippen LogP contribution in [0.2, 0.25) is 0 Å². The van der Waals surface area contributed by atoms with E-state index in [-0.39, 0.29) is 17.9 Å². The molecule has 3 aromatic carbocycles. The first-order valence-corrected chi connectivity index (χ1v) is 13.2. The lowest BCUT2D eigenvalue weighted by Gasteiger charge is -2.37. The van der Waals surface area contributed by atoms with Crippen LogP contribution in [-0.4, -0.2) is 57.2 Å². The van der Waals surface area contributed by atoms with Crippen molar-refractivity contribution in [1.29, 1.82) is 0 Å². The van der Waals surface area contributed by atoms with Crippen molar-refractivity contribution in [3.05, 3.63) is 102 Å². The molecule has 5 heteroatoms. The fourth-order valence-corrected chi connectivity index (χ4v) is 5.18. The maximum Gasteiger partial charge on any atom is 0.232 e. The molecule has 1 N–H and O–H groups in total. The maximum atomic E-state index is 13.2. The lowest BCUT2D eigenvalue weighted by atomic mass is 9.90. The van der Waals surface area contributed by atoms with E-state index in [1.807, 2.05) is 60.7 Å². The van der Waals surface area contributed by atoms with Crippen LogP contribution in [0.4, 0.5) is 5.69 Å². The molecule has 1 heterocycles. The Bertz CT molecular complexity index is 1020. The lowest BCUT2D eigenvalue weighted by Crippen LogP contribution is -2.47. The molecule has 5 nitrogen and oxygen atoms in total. The van der Waals surface area contributed by atoms with Crippen LogP contribution < -0.4 is 10.2 Å². The van der Waals surface area contributed by atoms with Crippen LogP contribution in [0.1, 0.15) is 48.5 Å². The van der Waals surface area contributed by atoms with E-state index in [0.29, 0.717) is 6.54 Å². The number of para-hydroxylation sites is 1. The number of hydrogen-bond donors (Lipinski definition) is 1.